The van der Waals surface area contributed by atoms with Crippen LogP contribution in [0.1, 0.15) is 28.3 Å². The van der Waals surface area contributed by atoms with E-state index in [-0.39, 0.29) is 6.04 Å². The minimum absolute atomic E-state index is 0.0871. The summed E-state index contributed by atoms with van der Waals surface area (Å²) in [5.74, 6) is 0.795. The molecule has 0 bridgehead atoms. The van der Waals surface area contributed by atoms with Crippen LogP contribution in [0.4, 0.5) is 17.1 Å². The largest absolute Gasteiger partial charge is 0.359 e. The summed E-state index contributed by atoms with van der Waals surface area (Å²) >= 11 is 0. The molecule has 1 aliphatic rings. The van der Waals surface area contributed by atoms with Crippen molar-refractivity contribution in [3.05, 3.63) is 210 Å². The SMILES string of the molecule is N#Cc1cc(C2=CC(c3ccccc3)NC(c3ccccc3)=N2)ccc1-n1c2ccccc2c2cccc(N(c3ccccc3)c3ccccc3)c21. The zero-order chi connectivity index (χ0) is 34.9. The summed E-state index contributed by atoms with van der Waals surface area (Å²) in [6.45, 7) is 0. The normalized spacial score (nSPS) is 13.9. The lowest BCUT2D eigenvalue weighted by Crippen LogP contribution is -2.31. The summed E-state index contributed by atoms with van der Waals surface area (Å²) in [4.78, 5) is 7.41. The molecule has 1 atom stereocenters. The summed E-state index contributed by atoms with van der Waals surface area (Å²) in [5, 5.41) is 16.7. The molecule has 0 saturated heterocycles. The molecule has 0 amide bonds. The van der Waals surface area contributed by atoms with Crippen LogP contribution in [-0.4, -0.2) is 10.4 Å². The maximum atomic E-state index is 10.8. The Labute approximate surface area is 302 Å². The summed E-state index contributed by atoms with van der Waals surface area (Å²) in [7, 11) is 0. The van der Waals surface area contributed by atoms with Gasteiger partial charge in [0.1, 0.15) is 11.9 Å². The number of anilines is 3. The molecule has 1 aromatic heterocycles. The third kappa shape index (κ3) is 5.49. The molecule has 9 rings (SSSR count). The van der Waals surface area contributed by atoms with E-state index in [0.29, 0.717) is 5.56 Å². The average molecular weight is 668 g/mol. The Morgan fingerprint density at radius 1 is 0.596 bits per heavy atom. The number of aromatic nitrogens is 1. The number of nitriles is 1. The van der Waals surface area contributed by atoms with E-state index in [1.165, 1.54) is 0 Å². The Bertz CT molecular complexity index is 2610. The number of rotatable bonds is 7. The number of hydrogen-bond acceptors (Lipinski definition) is 4. The number of amidine groups is 1. The molecule has 0 spiro atoms. The number of para-hydroxylation sites is 4. The van der Waals surface area contributed by atoms with Gasteiger partial charge in [-0.25, -0.2) is 4.99 Å². The van der Waals surface area contributed by atoms with Crippen LogP contribution in [0.2, 0.25) is 0 Å². The van der Waals surface area contributed by atoms with E-state index in [9.17, 15) is 5.26 Å². The third-order valence-electron chi connectivity index (χ3n) is 9.65. The van der Waals surface area contributed by atoms with Gasteiger partial charge in [-0.15, -0.1) is 0 Å². The average Bonchev–Trinajstić information content (AvgIpc) is 3.57. The molecule has 1 N–H and O–H groups in total. The molecule has 52 heavy (non-hydrogen) atoms. The predicted octanol–water partition coefficient (Wildman–Crippen LogP) is 11.3. The lowest BCUT2D eigenvalue weighted by Gasteiger charge is -2.27. The van der Waals surface area contributed by atoms with Crippen LogP contribution >= 0.6 is 0 Å². The molecule has 5 nitrogen and oxygen atoms in total. The maximum absolute atomic E-state index is 10.8. The van der Waals surface area contributed by atoms with Gasteiger partial charge in [0.05, 0.1) is 39.7 Å². The van der Waals surface area contributed by atoms with Crippen molar-refractivity contribution in [2.75, 3.05) is 4.90 Å². The summed E-state index contributed by atoms with van der Waals surface area (Å²) in [6, 6.07) is 65.0. The topological polar surface area (TPSA) is 56.4 Å². The highest BCUT2D eigenvalue weighted by atomic mass is 15.2. The van der Waals surface area contributed by atoms with E-state index in [0.717, 1.165) is 72.8 Å². The zero-order valence-corrected chi connectivity index (χ0v) is 28.3. The first-order chi connectivity index (χ1) is 25.8. The second-order valence-electron chi connectivity index (χ2n) is 12.8. The van der Waals surface area contributed by atoms with Gasteiger partial charge >= 0.3 is 0 Å². The molecule has 8 aromatic rings. The van der Waals surface area contributed by atoms with Crippen LogP contribution in [0.15, 0.2) is 193 Å². The van der Waals surface area contributed by atoms with Gasteiger partial charge in [-0.1, -0.05) is 133 Å². The van der Waals surface area contributed by atoms with Gasteiger partial charge in [0.25, 0.3) is 0 Å². The van der Waals surface area contributed by atoms with Gasteiger partial charge in [-0.3, -0.25) is 0 Å². The van der Waals surface area contributed by atoms with E-state index in [4.69, 9.17) is 4.99 Å². The lowest BCUT2D eigenvalue weighted by molar-refractivity contribution is 0.781. The van der Waals surface area contributed by atoms with Crippen molar-refractivity contribution in [1.82, 2.24) is 9.88 Å². The number of nitrogens with one attached hydrogen (secondary N) is 1. The van der Waals surface area contributed by atoms with Gasteiger partial charge in [-0.05, 0) is 60.2 Å². The van der Waals surface area contributed by atoms with E-state index < -0.39 is 0 Å². The van der Waals surface area contributed by atoms with Gasteiger partial charge < -0.3 is 14.8 Å². The molecule has 1 aliphatic heterocycles. The second-order valence-corrected chi connectivity index (χ2v) is 12.8. The first-order valence-electron chi connectivity index (χ1n) is 17.4. The number of fused-ring (bicyclic) bond motifs is 3. The van der Waals surface area contributed by atoms with E-state index in [1.54, 1.807) is 0 Å². The fraction of sp³-hybridized carbons (Fsp3) is 0.0213. The molecule has 0 radical (unpaired) electrons. The lowest BCUT2D eigenvalue weighted by atomic mass is 9.99. The van der Waals surface area contributed by atoms with Crippen LogP contribution in [0.25, 0.3) is 33.2 Å². The fourth-order valence-electron chi connectivity index (χ4n) is 7.27. The molecule has 2 heterocycles. The molecular weight excluding hydrogens is 635 g/mol. The standard InChI is InChI=1S/C47H33N5/c48-32-36-30-35(42-31-41(33-16-5-1-6-17-33)49-47(50-42)34-18-7-2-8-19-34)28-29-43(36)52-44-26-14-13-24-39(44)40-25-15-27-45(46(40)52)51(37-20-9-3-10-21-37)38-22-11-4-12-23-38/h1-31,41H,(H,49,50). The first kappa shape index (κ1) is 30.9. The molecule has 0 aliphatic carbocycles. The van der Waals surface area contributed by atoms with E-state index in [2.05, 4.69) is 166 Å². The molecule has 5 heteroatoms. The summed E-state index contributed by atoms with van der Waals surface area (Å²) < 4.78 is 2.25. The van der Waals surface area contributed by atoms with E-state index >= 15 is 0 Å². The summed E-state index contributed by atoms with van der Waals surface area (Å²) in [5.41, 5.74) is 10.4. The van der Waals surface area contributed by atoms with Gasteiger partial charge in [0.15, 0.2) is 0 Å². The van der Waals surface area contributed by atoms with Crippen molar-refractivity contribution in [3.8, 4) is 11.8 Å². The highest BCUT2D eigenvalue weighted by Crippen LogP contribution is 2.43. The van der Waals surface area contributed by atoms with Gasteiger partial charge in [-0.2, -0.15) is 5.26 Å². The van der Waals surface area contributed by atoms with Crippen molar-refractivity contribution in [2.24, 2.45) is 4.99 Å². The zero-order valence-electron chi connectivity index (χ0n) is 28.3. The smallest absolute Gasteiger partial charge is 0.134 e. The molecular formula is C47H33N5. The minimum Gasteiger partial charge on any atom is -0.359 e. The molecule has 7 aromatic carbocycles. The molecule has 246 valence electrons. The van der Waals surface area contributed by atoms with E-state index in [1.807, 2.05) is 42.5 Å². The Morgan fingerprint density at radius 2 is 1.21 bits per heavy atom. The Hall–Kier alpha value is -7.16. The van der Waals surface area contributed by atoms with Crippen molar-refractivity contribution in [2.45, 2.75) is 6.04 Å². The minimum atomic E-state index is -0.0871. The van der Waals surface area contributed by atoms with Crippen molar-refractivity contribution >= 4 is 50.4 Å². The molecule has 1 unspecified atom stereocenters. The summed E-state index contributed by atoms with van der Waals surface area (Å²) in [6.07, 6.45) is 2.15. The third-order valence-corrected chi connectivity index (χ3v) is 9.65. The second kappa shape index (κ2) is 13.3. The fourth-order valence-corrected chi connectivity index (χ4v) is 7.27. The van der Waals surface area contributed by atoms with Crippen LogP contribution in [0.3, 0.4) is 0 Å². The Balaban J connectivity index is 1.25. The highest BCUT2D eigenvalue weighted by Gasteiger charge is 2.24. The van der Waals surface area contributed by atoms with Crippen LogP contribution < -0.4 is 10.2 Å². The van der Waals surface area contributed by atoms with Crippen LogP contribution in [-0.2, 0) is 0 Å². The Kier molecular flexibility index (Phi) is 7.88. The molecule has 0 fully saturated rings. The number of nitrogens with zero attached hydrogens (tertiary/aromatic N) is 4. The van der Waals surface area contributed by atoms with Gasteiger partial charge in [0, 0.05) is 33.3 Å². The van der Waals surface area contributed by atoms with Crippen molar-refractivity contribution < 1.29 is 0 Å². The van der Waals surface area contributed by atoms with Crippen molar-refractivity contribution in [1.29, 1.82) is 5.26 Å². The monoisotopic (exact) mass is 667 g/mol. The first-order valence-corrected chi connectivity index (χ1v) is 17.4. The number of hydrogen-bond donors (Lipinski definition) is 1. The molecule has 0 saturated carbocycles. The van der Waals surface area contributed by atoms with Crippen molar-refractivity contribution in [3.63, 3.8) is 0 Å². The quantitative estimate of drug-likeness (QED) is 0.184. The van der Waals surface area contributed by atoms with Gasteiger partial charge in [0.2, 0.25) is 0 Å². The maximum Gasteiger partial charge on any atom is 0.134 e. The van der Waals surface area contributed by atoms with Crippen LogP contribution in [0.5, 0.6) is 0 Å². The number of aliphatic imine (C=N–C) groups is 1. The van der Waals surface area contributed by atoms with Crippen LogP contribution in [0, 0.1) is 11.3 Å². The predicted molar refractivity (Wildman–Crippen MR) is 213 cm³/mol. The highest BCUT2D eigenvalue weighted by molar-refractivity contribution is 6.14. The number of benzene rings is 7. The Morgan fingerprint density at radius 3 is 1.90 bits per heavy atom.